The molecule has 4 heteroatoms. The van der Waals surface area contributed by atoms with Crippen LogP contribution in [0.4, 0.5) is 0 Å². The number of carbonyl (C=O) groups excluding carboxylic acids is 2. The van der Waals surface area contributed by atoms with Crippen molar-refractivity contribution < 1.29 is 19.1 Å². The molecule has 0 aliphatic rings. The predicted octanol–water partition coefficient (Wildman–Crippen LogP) is 8.75. The van der Waals surface area contributed by atoms with E-state index in [9.17, 15) is 9.59 Å². The molecule has 2 rings (SSSR count). The van der Waals surface area contributed by atoms with Crippen LogP contribution >= 0.6 is 0 Å². The highest BCUT2D eigenvalue weighted by Crippen LogP contribution is 2.28. The second kappa shape index (κ2) is 17.0. The summed E-state index contributed by atoms with van der Waals surface area (Å²) in [6.45, 7) is 10.6. The van der Waals surface area contributed by atoms with E-state index in [1.807, 2.05) is 62.4 Å². The quantitative estimate of drug-likeness (QED) is 0.200. The monoisotopic (exact) mass is 508 g/mol. The molecule has 0 amide bonds. The van der Waals surface area contributed by atoms with E-state index < -0.39 is 0 Å². The van der Waals surface area contributed by atoms with Gasteiger partial charge in [0, 0.05) is 5.92 Å². The van der Waals surface area contributed by atoms with Gasteiger partial charge in [-0.15, -0.1) is 0 Å². The van der Waals surface area contributed by atoms with E-state index in [0.717, 1.165) is 57.8 Å². The summed E-state index contributed by atoms with van der Waals surface area (Å²) in [4.78, 5) is 26.1. The first-order chi connectivity index (χ1) is 18.0. The molecule has 0 heterocycles. The van der Waals surface area contributed by atoms with Gasteiger partial charge in [-0.1, -0.05) is 84.6 Å². The summed E-state index contributed by atoms with van der Waals surface area (Å²) in [5.74, 6) is -0.658. The Morgan fingerprint density at radius 3 is 1.30 bits per heavy atom. The fraction of sp³-hybridized carbons (Fsp3) is 0.576. The van der Waals surface area contributed by atoms with Gasteiger partial charge in [0.25, 0.3) is 0 Å². The number of hydrogen-bond donors (Lipinski definition) is 0. The summed E-state index contributed by atoms with van der Waals surface area (Å²) in [6.07, 6.45) is 10.2. The first kappa shape index (κ1) is 30.6. The SMILES string of the molecule is CCCCc1ccc(C(=O)OC(CC)C(CCCC)C(CC)OC(=O)c2ccc(CCCC)cc2)cc1. The first-order valence-corrected chi connectivity index (χ1v) is 14.6. The van der Waals surface area contributed by atoms with Crippen molar-refractivity contribution in [3.8, 4) is 0 Å². The zero-order valence-corrected chi connectivity index (χ0v) is 23.8. The van der Waals surface area contributed by atoms with Crippen molar-refractivity contribution in [3.63, 3.8) is 0 Å². The van der Waals surface area contributed by atoms with Crippen LogP contribution < -0.4 is 0 Å². The fourth-order valence-corrected chi connectivity index (χ4v) is 4.79. The van der Waals surface area contributed by atoms with Crippen LogP contribution in [0.25, 0.3) is 0 Å². The van der Waals surface area contributed by atoms with Gasteiger partial charge in [-0.25, -0.2) is 9.59 Å². The molecule has 0 aliphatic carbocycles. The van der Waals surface area contributed by atoms with E-state index >= 15 is 0 Å². The first-order valence-electron chi connectivity index (χ1n) is 14.6. The zero-order chi connectivity index (χ0) is 27.0. The molecule has 204 valence electrons. The van der Waals surface area contributed by atoms with E-state index in [2.05, 4.69) is 20.8 Å². The molecular weight excluding hydrogens is 460 g/mol. The van der Waals surface area contributed by atoms with Gasteiger partial charge >= 0.3 is 11.9 Å². The molecule has 2 unspecified atom stereocenters. The highest BCUT2D eigenvalue weighted by atomic mass is 16.6. The van der Waals surface area contributed by atoms with Crippen LogP contribution in [-0.2, 0) is 22.3 Å². The van der Waals surface area contributed by atoms with Crippen molar-refractivity contribution in [2.45, 2.75) is 117 Å². The van der Waals surface area contributed by atoms with Crippen LogP contribution in [0.2, 0.25) is 0 Å². The number of ether oxygens (including phenoxy) is 2. The molecule has 0 saturated heterocycles. The highest BCUT2D eigenvalue weighted by molar-refractivity contribution is 5.90. The largest absolute Gasteiger partial charge is 0.458 e. The maximum atomic E-state index is 13.0. The average molecular weight is 509 g/mol. The van der Waals surface area contributed by atoms with Crippen molar-refractivity contribution in [1.82, 2.24) is 0 Å². The minimum absolute atomic E-state index is 0.0458. The standard InChI is InChI=1S/C33H48O4/c1-6-11-14-25-17-21-27(22-18-25)32(34)36-30(9-4)29(16-13-8-3)31(10-5)37-33(35)28-23-19-26(20-24-28)15-12-7-2/h17-24,29-31H,6-16H2,1-5H3. The second-order valence-corrected chi connectivity index (χ2v) is 10.1. The Labute approximate surface area is 225 Å². The predicted molar refractivity (Wildman–Crippen MR) is 152 cm³/mol. The fourth-order valence-electron chi connectivity index (χ4n) is 4.79. The second-order valence-electron chi connectivity index (χ2n) is 10.1. The van der Waals surface area contributed by atoms with Crippen LogP contribution in [0, 0.1) is 5.92 Å². The lowest BCUT2D eigenvalue weighted by molar-refractivity contribution is -0.0380. The normalized spacial score (nSPS) is 13.5. The van der Waals surface area contributed by atoms with E-state index in [0.29, 0.717) is 24.0 Å². The number of esters is 2. The van der Waals surface area contributed by atoms with Crippen LogP contribution in [0.5, 0.6) is 0 Å². The van der Waals surface area contributed by atoms with Gasteiger partial charge in [-0.05, 0) is 80.3 Å². The molecule has 37 heavy (non-hydrogen) atoms. The molecule has 4 nitrogen and oxygen atoms in total. The molecular formula is C33H48O4. The van der Waals surface area contributed by atoms with Gasteiger partial charge in [-0.2, -0.15) is 0 Å². The van der Waals surface area contributed by atoms with Crippen molar-refractivity contribution in [3.05, 3.63) is 70.8 Å². The van der Waals surface area contributed by atoms with Crippen LogP contribution in [0.15, 0.2) is 48.5 Å². The highest BCUT2D eigenvalue weighted by Gasteiger charge is 2.33. The van der Waals surface area contributed by atoms with E-state index in [1.54, 1.807) is 0 Å². The Bertz CT molecular complexity index is 843. The van der Waals surface area contributed by atoms with Crippen molar-refractivity contribution in [2.24, 2.45) is 5.92 Å². The molecule has 0 radical (unpaired) electrons. The summed E-state index contributed by atoms with van der Waals surface area (Å²) < 4.78 is 12.1. The van der Waals surface area contributed by atoms with Crippen molar-refractivity contribution in [1.29, 1.82) is 0 Å². The van der Waals surface area contributed by atoms with Crippen molar-refractivity contribution >= 4 is 11.9 Å². The molecule has 0 bridgehead atoms. The Kier molecular flexibility index (Phi) is 14.1. The molecule has 2 aromatic rings. The maximum Gasteiger partial charge on any atom is 0.338 e. The summed E-state index contributed by atoms with van der Waals surface area (Å²) >= 11 is 0. The Morgan fingerprint density at radius 1 is 0.595 bits per heavy atom. The van der Waals surface area contributed by atoms with Crippen LogP contribution in [-0.4, -0.2) is 24.1 Å². The average Bonchev–Trinajstić information content (AvgIpc) is 2.93. The van der Waals surface area contributed by atoms with Crippen molar-refractivity contribution in [2.75, 3.05) is 0 Å². The zero-order valence-electron chi connectivity index (χ0n) is 23.8. The summed E-state index contributed by atoms with van der Waals surface area (Å²) in [5.41, 5.74) is 3.62. The molecule has 0 fully saturated rings. The minimum atomic E-state index is -0.312. The number of benzene rings is 2. The number of carbonyl (C=O) groups is 2. The van der Waals surface area contributed by atoms with Gasteiger partial charge in [0.05, 0.1) is 11.1 Å². The van der Waals surface area contributed by atoms with Gasteiger partial charge < -0.3 is 9.47 Å². The third kappa shape index (κ3) is 9.98. The molecule has 2 atom stereocenters. The number of aryl methyl sites for hydroxylation is 2. The lowest BCUT2D eigenvalue weighted by Crippen LogP contribution is -2.37. The van der Waals surface area contributed by atoms with Gasteiger partial charge in [-0.3, -0.25) is 0 Å². The third-order valence-electron chi connectivity index (χ3n) is 7.18. The van der Waals surface area contributed by atoms with Crippen LogP contribution in [0.1, 0.15) is 124 Å². The van der Waals surface area contributed by atoms with Gasteiger partial charge in [0.1, 0.15) is 12.2 Å². The smallest absolute Gasteiger partial charge is 0.338 e. The van der Waals surface area contributed by atoms with Crippen LogP contribution in [0.3, 0.4) is 0 Å². The number of hydrogen-bond acceptors (Lipinski definition) is 4. The molecule has 2 aromatic carbocycles. The molecule has 0 aromatic heterocycles. The molecule has 0 spiro atoms. The number of rotatable bonds is 17. The van der Waals surface area contributed by atoms with E-state index in [4.69, 9.17) is 9.47 Å². The summed E-state index contributed by atoms with van der Waals surface area (Å²) in [6, 6.07) is 15.5. The lowest BCUT2D eigenvalue weighted by atomic mass is 9.87. The maximum absolute atomic E-state index is 13.0. The number of unbranched alkanes of at least 4 members (excludes halogenated alkanes) is 3. The summed E-state index contributed by atoms with van der Waals surface area (Å²) in [5, 5.41) is 0. The Balaban J connectivity index is 2.12. The molecule has 0 aliphatic heterocycles. The Morgan fingerprint density at radius 2 is 0.973 bits per heavy atom. The minimum Gasteiger partial charge on any atom is -0.458 e. The summed E-state index contributed by atoms with van der Waals surface area (Å²) in [7, 11) is 0. The van der Waals surface area contributed by atoms with Gasteiger partial charge in [0.15, 0.2) is 0 Å². The molecule has 0 saturated carbocycles. The van der Waals surface area contributed by atoms with Gasteiger partial charge in [0.2, 0.25) is 0 Å². The van der Waals surface area contributed by atoms with E-state index in [-0.39, 0.29) is 30.1 Å². The van der Waals surface area contributed by atoms with E-state index in [1.165, 1.54) is 11.1 Å². The third-order valence-corrected chi connectivity index (χ3v) is 7.18. The Hall–Kier alpha value is -2.62. The topological polar surface area (TPSA) is 52.6 Å². The lowest BCUT2D eigenvalue weighted by Gasteiger charge is -2.32. The molecule has 0 N–H and O–H groups in total.